The minimum Gasteiger partial charge on any atom is -0.307 e. The lowest BCUT2D eigenvalue weighted by atomic mass is 10.1. The van der Waals surface area contributed by atoms with Gasteiger partial charge in [0.1, 0.15) is 5.03 Å². The Labute approximate surface area is 156 Å². The molecular weight excluding hydrogens is 392 g/mol. The number of hydrogen-bond acceptors (Lipinski definition) is 2. The highest BCUT2D eigenvalue weighted by Crippen LogP contribution is 2.31. The number of allylic oxidation sites excluding steroid dienone is 1. The highest BCUT2D eigenvalue weighted by Gasteiger charge is 2.32. The summed E-state index contributed by atoms with van der Waals surface area (Å²) in [6.45, 7) is 0. The summed E-state index contributed by atoms with van der Waals surface area (Å²) in [5.41, 5.74) is 0.145. The quantitative estimate of drug-likeness (QED) is 0.717. The minimum absolute atomic E-state index is 0.0233. The van der Waals surface area contributed by atoms with Gasteiger partial charge in [0.15, 0.2) is 0 Å². The number of benzene rings is 2. The Morgan fingerprint density at radius 1 is 1.00 bits per heavy atom. The molecule has 0 spiro atoms. The maximum absolute atomic E-state index is 12.6. The van der Waals surface area contributed by atoms with Gasteiger partial charge < -0.3 is 5.32 Å². The van der Waals surface area contributed by atoms with Crippen LogP contribution in [0.5, 0.6) is 0 Å². The molecule has 9 heteroatoms. The lowest BCUT2D eigenvalue weighted by Gasteiger charge is -2.11. The van der Waals surface area contributed by atoms with Gasteiger partial charge in [0, 0.05) is 5.69 Å². The molecule has 0 fully saturated rings. The van der Waals surface area contributed by atoms with E-state index in [0.29, 0.717) is 6.08 Å². The zero-order valence-electron chi connectivity index (χ0n) is 12.9. The normalized spacial score (nSPS) is 11.8. The van der Waals surface area contributed by atoms with E-state index in [4.69, 9.17) is 23.2 Å². The number of anilines is 1. The Bertz CT molecular complexity index is 867. The number of nitrogens with one attached hydrogen (secondary N) is 2. The average molecular weight is 403 g/mol. The summed E-state index contributed by atoms with van der Waals surface area (Å²) in [7, 11) is 0. The van der Waals surface area contributed by atoms with Crippen LogP contribution in [-0.4, -0.2) is 18.1 Å². The predicted molar refractivity (Wildman–Crippen MR) is 94.3 cm³/mol. The lowest BCUT2D eigenvalue weighted by molar-refractivity contribution is -0.0836. The van der Waals surface area contributed by atoms with Crippen molar-refractivity contribution in [3.8, 4) is 0 Å². The van der Waals surface area contributed by atoms with Crippen molar-refractivity contribution in [2.45, 2.75) is 6.18 Å². The largest absolute Gasteiger partial charge is 0.426 e. The summed E-state index contributed by atoms with van der Waals surface area (Å²) in [4.78, 5) is 24.0. The van der Waals surface area contributed by atoms with Crippen LogP contribution < -0.4 is 10.6 Å². The van der Waals surface area contributed by atoms with E-state index >= 15 is 0 Å². The minimum atomic E-state index is -4.71. The van der Waals surface area contributed by atoms with Crippen molar-refractivity contribution < 1.29 is 22.8 Å². The highest BCUT2D eigenvalue weighted by atomic mass is 35.5. The first kappa shape index (κ1) is 19.8. The number of amides is 3. The van der Waals surface area contributed by atoms with E-state index in [1.807, 2.05) is 5.32 Å². The molecule has 2 aromatic carbocycles. The summed E-state index contributed by atoms with van der Waals surface area (Å²) in [5.74, 6) is -0.755. The molecule has 0 aliphatic carbocycles. The molecule has 4 nitrogen and oxygen atoms in total. The Kier molecular flexibility index (Phi) is 6.28. The van der Waals surface area contributed by atoms with Crippen molar-refractivity contribution in [3.05, 3.63) is 69.7 Å². The topological polar surface area (TPSA) is 58.2 Å². The second kappa shape index (κ2) is 8.25. The summed E-state index contributed by atoms with van der Waals surface area (Å²) in [6.07, 6.45) is -4.04. The Morgan fingerprint density at radius 2 is 1.62 bits per heavy atom. The predicted octanol–water partition coefficient (Wildman–Crippen LogP) is 5.44. The van der Waals surface area contributed by atoms with Crippen molar-refractivity contribution in [3.63, 3.8) is 0 Å². The Morgan fingerprint density at radius 3 is 2.27 bits per heavy atom. The SMILES string of the molecule is O=C(NC(=O)c1ccccc1Cl)Nc1ccccc1/C=C(\Cl)C(F)(F)F. The molecule has 0 aliphatic heterocycles. The molecule has 0 bridgehead atoms. The van der Waals surface area contributed by atoms with E-state index < -0.39 is 23.1 Å². The standard InChI is InChI=1S/C17H11Cl2F3N2O2/c18-12-7-3-2-6-11(12)15(25)24-16(26)23-13-8-4-1-5-10(13)9-14(19)17(20,21)22/h1-9H,(H2,23,24,25,26)/b14-9-. The van der Waals surface area contributed by atoms with Gasteiger partial charge in [0.25, 0.3) is 5.91 Å². The number of halogens is 5. The molecule has 0 radical (unpaired) electrons. The third-order valence-electron chi connectivity index (χ3n) is 3.11. The number of carbonyl (C=O) groups is 2. The van der Waals surface area contributed by atoms with Gasteiger partial charge in [-0.25, -0.2) is 4.79 Å². The summed E-state index contributed by atoms with van der Waals surface area (Å²) >= 11 is 11.1. The fourth-order valence-electron chi connectivity index (χ4n) is 1.92. The molecule has 0 aromatic heterocycles. The zero-order chi connectivity index (χ0) is 19.3. The first-order chi connectivity index (χ1) is 12.2. The summed E-state index contributed by atoms with van der Waals surface area (Å²) in [5, 5.41) is 3.15. The molecule has 0 heterocycles. The van der Waals surface area contributed by atoms with Crippen LogP contribution in [0, 0.1) is 0 Å². The molecule has 0 saturated carbocycles. The maximum Gasteiger partial charge on any atom is 0.426 e. The number of alkyl halides is 3. The number of carbonyl (C=O) groups excluding carboxylic acids is 2. The van der Waals surface area contributed by atoms with E-state index in [2.05, 4.69) is 5.32 Å². The number of urea groups is 1. The van der Waals surface area contributed by atoms with Crippen molar-refractivity contribution in [2.75, 3.05) is 5.32 Å². The molecule has 2 N–H and O–H groups in total. The molecule has 0 atom stereocenters. The fraction of sp³-hybridized carbons (Fsp3) is 0.0588. The second-order valence-electron chi connectivity index (χ2n) is 4.97. The van der Waals surface area contributed by atoms with Gasteiger partial charge in [-0.15, -0.1) is 0 Å². The van der Waals surface area contributed by atoms with Crippen molar-refractivity contribution in [2.24, 2.45) is 0 Å². The molecule has 0 unspecified atom stereocenters. The molecule has 0 saturated heterocycles. The van der Waals surface area contributed by atoms with Crippen molar-refractivity contribution >= 4 is 46.9 Å². The van der Waals surface area contributed by atoms with Gasteiger partial charge in [-0.05, 0) is 29.8 Å². The Balaban J connectivity index is 2.15. The molecule has 26 heavy (non-hydrogen) atoms. The van der Waals surface area contributed by atoms with Crippen LogP contribution in [0.2, 0.25) is 5.02 Å². The molecule has 2 aromatic rings. The van der Waals surface area contributed by atoms with Crippen LogP contribution in [-0.2, 0) is 0 Å². The number of rotatable bonds is 3. The maximum atomic E-state index is 12.6. The van der Waals surface area contributed by atoms with Gasteiger partial charge in [0.2, 0.25) is 0 Å². The summed E-state index contributed by atoms with van der Waals surface area (Å²) in [6, 6.07) is 10.8. The summed E-state index contributed by atoms with van der Waals surface area (Å²) < 4.78 is 37.7. The highest BCUT2D eigenvalue weighted by molar-refractivity contribution is 6.34. The number of hydrogen-bond donors (Lipinski definition) is 2. The van der Waals surface area contributed by atoms with Gasteiger partial charge in [0.05, 0.1) is 10.6 Å². The molecular formula is C17H11Cl2F3N2O2. The van der Waals surface area contributed by atoms with Gasteiger partial charge in [-0.3, -0.25) is 10.1 Å². The lowest BCUT2D eigenvalue weighted by Crippen LogP contribution is -2.34. The van der Waals surface area contributed by atoms with E-state index in [0.717, 1.165) is 0 Å². The van der Waals surface area contributed by atoms with E-state index in [1.54, 1.807) is 12.1 Å². The molecule has 136 valence electrons. The van der Waals surface area contributed by atoms with Crippen LogP contribution in [0.3, 0.4) is 0 Å². The first-order valence-electron chi connectivity index (χ1n) is 7.09. The first-order valence-corrected chi connectivity index (χ1v) is 7.84. The smallest absolute Gasteiger partial charge is 0.307 e. The van der Waals surface area contributed by atoms with Crippen LogP contribution in [0.1, 0.15) is 15.9 Å². The molecule has 2 rings (SSSR count). The van der Waals surface area contributed by atoms with Crippen LogP contribution >= 0.6 is 23.2 Å². The molecule has 3 amide bonds. The molecule has 0 aliphatic rings. The number of imide groups is 1. The van der Waals surface area contributed by atoms with Gasteiger partial charge in [-0.1, -0.05) is 53.5 Å². The zero-order valence-corrected chi connectivity index (χ0v) is 14.4. The van der Waals surface area contributed by atoms with Crippen molar-refractivity contribution in [1.29, 1.82) is 0 Å². The third-order valence-corrected chi connectivity index (χ3v) is 3.76. The monoisotopic (exact) mass is 402 g/mol. The van der Waals surface area contributed by atoms with Gasteiger partial charge in [-0.2, -0.15) is 13.2 Å². The van der Waals surface area contributed by atoms with E-state index in [9.17, 15) is 22.8 Å². The van der Waals surface area contributed by atoms with Crippen LogP contribution in [0.15, 0.2) is 53.6 Å². The Hall–Kier alpha value is -2.51. The third kappa shape index (κ3) is 5.24. The number of para-hydroxylation sites is 1. The van der Waals surface area contributed by atoms with E-state index in [-0.39, 0.29) is 21.8 Å². The van der Waals surface area contributed by atoms with Gasteiger partial charge >= 0.3 is 12.2 Å². The fourth-order valence-corrected chi connectivity index (χ4v) is 2.26. The van der Waals surface area contributed by atoms with Crippen molar-refractivity contribution in [1.82, 2.24) is 5.32 Å². The van der Waals surface area contributed by atoms with Crippen LogP contribution in [0.4, 0.5) is 23.7 Å². The van der Waals surface area contributed by atoms with E-state index in [1.165, 1.54) is 36.4 Å². The van der Waals surface area contributed by atoms with Crippen LogP contribution in [0.25, 0.3) is 6.08 Å². The average Bonchev–Trinajstić information content (AvgIpc) is 2.56. The second-order valence-corrected chi connectivity index (χ2v) is 5.78.